The van der Waals surface area contributed by atoms with Gasteiger partial charge >= 0.3 is 0 Å². The van der Waals surface area contributed by atoms with Gasteiger partial charge in [0.2, 0.25) is 0 Å². The molecule has 10 aromatic carbocycles. The average molecular weight is 983 g/mol. The van der Waals surface area contributed by atoms with Gasteiger partial charge in [-0.3, -0.25) is 0 Å². The van der Waals surface area contributed by atoms with Crippen molar-refractivity contribution in [2.45, 2.75) is 97.3 Å². The van der Waals surface area contributed by atoms with Crippen molar-refractivity contribution in [1.29, 1.82) is 0 Å². The molecular weight excluding hydrogens is 919 g/mol. The third-order valence-corrected chi connectivity index (χ3v) is 16.2. The second-order valence-electron chi connectivity index (χ2n) is 23.7. The van der Waals surface area contributed by atoms with E-state index in [0.717, 1.165) is 44.9 Å². The molecule has 0 N–H and O–H groups in total. The van der Waals surface area contributed by atoms with Crippen LogP contribution >= 0.6 is 0 Å². The molecule has 4 heteroatoms. The van der Waals surface area contributed by atoms with Crippen LogP contribution in [0, 0.1) is 11.6 Å². The molecule has 0 fully saturated rings. The Hall–Kier alpha value is -7.82. The van der Waals surface area contributed by atoms with Crippen LogP contribution in [0.1, 0.15) is 126 Å². The highest BCUT2D eigenvalue weighted by Gasteiger charge is 2.54. The molecule has 10 aromatic rings. The molecule has 2 aliphatic rings. The molecule has 0 aromatic heterocycles. The van der Waals surface area contributed by atoms with Gasteiger partial charge in [0.15, 0.2) is 0 Å². The van der Waals surface area contributed by atoms with Crippen molar-refractivity contribution in [1.82, 2.24) is 0 Å². The summed E-state index contributed by atoms with van der Waals surface area (Å²) in [6.07, 6.45) is 0. The van der Waals surface area contributed by atoms with Crippen molar-refractivity contribution in [2.75, 3.05) is 9.80 Å². The number of benzene rings is 10. The van der Waals surface area contributed by atoms with E-state index in [4.69, 9.17) is 0 Å². The normalized spacial score (nSPS) is 13.4. The monoisotopic (exact) mass is 983 g/mol. The Morgan fingerprint density at radius 3 is 1.01 bits per heavy atom. The first-order valence-electron chi connectivity index (χ1n) is 26.7. The van der Waals surface area contributed by atoms with Gasteiger partial charge in [0, 0.05) is 34.1 Å². The summed E-state index contributed by atoms with van der Waals surface area (Å²) in [7, 11) is 0. The molecule has 0 amide bonds. The fourth-order valence-electron chi connectivity index (χ4n) is 12.2. The van der Waals surface area contributed by atoms with Crippen LogP contribution in [0.15, 0.2) is 194 Å². The van der Waals surface area contributed by atoms with Gasteiger partial charge in [-0.1, -0.05) is 166 Å². The molecular formula is C71H64F2N2. The lowest BCUT2D eigenvalue weighted by atomic mass is 9.68. The van der Waals surface area contributed by atoms with Crippen LogP contribution in [0.4, 0.5) is 42.9 Å². The van der Waals surface area contributed by atoms with Crippen LogP contribution in [0.3, 0.4) is 0 Å². The minimum Gasteiger partial charge on any atom is -0.310 e. The predicted octanol–water partition coefficient (Wildman–Crippen LogP) is 20.4. The molecule has 12 rings (SSSR count). The van der Waals surface area contributed by atoms with Crippen LogP contribution in [0.5, 0.6) is 0 Å². The van der Waals surface area contributed by atoms with E-state index in [9.17, 15) is 8.78 Å². The zero-order valence-corrected chi connectivity index (χ0v) is 44.8. The first-order chi connectivity index (χ1) is 35.9. The Bertz CT molecular complexity index is 3600. The number of halogens is 2. The summed E-state index contributed by atoms with van der Waals surface area (Å²) in [5.41, 5.74) is 20.3. The number of hydrogen-bond donors (Lipinski definition) is 0. The van der Waals surface area contributed by atoms with E-state index in [2.05, 4.69) is 225 Å². The number of nitrogens with zero attached hydrogens (tertiary/aromatic N) is 2. The zero-order chi connectivity index (χ0) is 52.3. The van der Waals surface area contributed by atoms with Gasteiger partial charge in [-0.25, -0.2) is 8.78 Å². The largest absolute Gasteiger partial charge is 0.310 e. The Morgan fingerprint density at radius 2 is 0.680 bits per heavy atom. The van der Waals surface area contributed by atoms with Crippen LogP contribution in [0.25, 0.3) is 43.8 Å². The third-order valence-electron chi connectivity index (χ3n) is 16.2. The molecule has 75 heavy (non-hydrogen) atoms. The minimum atomic E-state index is -0.684. The van der Waals surface area contributed by atoms with Gasteiger partial charge in [0.25, 0.3) is 0 Å². The summed E-state index contributed by atoms with van der Waals surface area (Å²) in [4.78, 5) is 4.48. The highest BCUT2D eigenvalue weighted by atomic mass is 19.1. The average Bonchev–Trinajstić information content (AvgIpc) is 3.91. The standard InChI is InChI=1S/C71H64F2N2/c1-43(2)45-11-23-53(24-12-45)74(55-27-19-51(72)20-28-55)57-31-35-59-47(39-57)15-33-61-62-34-16-48-40-58(75(56-29-21-52(73)22-30-56)54-25-13-46(14-26-54)44(3)4)32-36-60(48)68(62)71(67(59)61)65-37-17-49(69(5,6)7)41-63(65)64-42-50(70(8,9)10)18-38-66(64)71/h11-44H,1-10H3. The van der Waals surface area contributed by atoms with Crippen LogP contribution < -0.4 is 9.80 Å². The number of hydrogen-bond acceptors (Lipinski definition) is 2. The molecule has 0 aliphatic heterocycles. The first-order valence-corrected chi connectivity index (χ1v) is 26.7. The zero-order valence-electron chi connectivity index (χ0n) is 44.8. The van der Waals surface area contributed by atoms with Gasteiger partial charge < -0.3 is 9.80 Å². The van der Waals surface area contributed by atoms with E-state index in [0.29, 0.717) is 11.8 Å². The van der Waals surface area contributed by atoms with E-state index in [1.165, 1.54) is 77.5 Å². The fourth-order valence-corrected chi connectivity index (χ4v) is 12.2. The molecule has 0 atom stereocenters. The second kappa shape index (κ2) is 17.7. The lowest BCUT2D eigenvalue weighted by Gasteiger charge is -2.33. The number of anilines is 6. The SMILES string of the molecule is CC(C)c1ccc(N(c2ccc(F)cc2)c2ccc3c4c(ccc3c2)-c2ccc3cc(N(c5ccc(F)cc5)c5ccc(C(C)C)cc5)ccc3c2C42c3ccc(C(C)(C)C)cc3-c3cc(C(C)(C)C)ccc32)cc1. The summed E-state index contributed by atoms with van der Waals surface area (Å²) >= 11 is 0. The summed E-state index contributed by atoms with van der Waals surface area (Å²) in [5, 5.41) is 4.64. The maximum atomic E-state index is 14.6. The summed E-state index contributed by atoms with van der Waals surface area (Å²) in [6, 6.07) is 68.9. The molecule has 1 spiro atoms. The van der Waals surface area contributed by atoms with E-state index < -0.39 is 5.41 Å². The molecule has 2 aliphatic carbocycles. The Balaban J connectivity index is 1.13. The van der Waals surface area contributed by atoms with Gasteiger partial charge in [0.05, 0.1) is 5.41 Å². The van der Waals surface area contributed by atoms with Crippen molar-refractivity contribution in [2.24, 2.45) is 0 Å². The van der Waals surface area contributed by atoms with Crippen molar-refractivity contribution in [3.8, 4) is 22.3 Å². The van der Waals surface area contributed by atoms with Crippen LogP contribution in [-0.4, -0.2) is 0 Å². The van der Waals surface area contributed by atoms with Gasteiger partial charge in [-0.2, -0.15) is 0 Å². The molecule has 372 valence electrons. The summed E-state index contributed by atoms with van der Waals surface area (Å²) < 4.78 is 29.1. The summed E-state index contributed by atoms with van der Waals surface area (Å²) in [5.74, 6) is 0.261. The van der Waals surface area contributed by atoms with Gasteiger partial charge in [0.1, 0.15) is 11.6 Å². The van der Waals surface area contributed by atoms with Gasteiger partial charge in [-0.15, -0.1) is 0 Å². The van der Waals surface area contributed by atoms with Crippen molar-refractivity contribution < 1.29 is 8.78 Å². The molecule has 0 unspecified atom stereocenters. The fraction of sp³-hybridized carbons (Fsp3) is 0.211. The second-order valence-corrected chi connectivity index (χ2v) is 23.7. The Morgan fingerprint density at radius 1 is 0.347 bits per heavy atom. The Kier molecular flexibility index (Phi) is 11.3. The molecule has 0 saturated heterocycles. The van der Waals surface area contributed by atoms with Crippen molar-refractivity contribution >= 4 is 55.7 Å². The maximum Gasteiger partial charge on any atom is 0.123 e. The highest BCUT2D eigenvalue weighted by Crippen LogP contribution is 2.66. The molecule has 0 heterocycles. The van der Waals surface area contributed by atoms with Crippen molar-refractivity contribution in [3.05, 3.63) is 250 Å². The van der Waals surface area contributed by atoms with E-state index in [1.54, 1.807) is 24.3 Å². The predicted molar refractivity (Wildman–Crippen MR) is 313 cm³/mol. The minimum absolute atomic E-state index is 0.0682. The highest BCUT2D eigenvalue weighted by molar-refractivity contribution is 6.10. The molecule has 0 radical (unpaired) electrons. The quantitative estimate of drug-likeness (QED) is 0.150. The Labute approximate surface area is 442 Å². The maximum absolute atomic E-state index is 14.6. The van der Waals surface area contributed by atoms with Crippen molar-refractivity contribution in [3.63, 3.8) is 0 Å². The smallest absolute Gasteiger partial charge is 0.123 e. The van der Waals surface area contributed by atoms with Crippen LogP contribution in [0.2, 0.25) is 0 Å². The number of fused-ring (bicyclic) bond motifs is 14. The third kappa shape index (κ3) is 7.86. The molecule has 0 bridgehead atoms. The van der Waals surface area contributed by atoms with Gasteiger partial charge in [-0.05, 0) is 208 Å². The topological polar surface area (TPSA) is 6.48 Å². The van der Waals surface area contributed by atoms with E-state index in [-0.39, 0.29) is 22.5 Å². The molecule has 2 nitrogen and oxygen atoms in total. The first kappa shape index (κ1) is 48.1. The molecule has 0 saturated carbocycles. The van der Waals surface area contributed by atoms with Crippen LogP contribution in [-0.2, 0) is 16.2 Å². The van der Waals surface area contributed by atoms with E-state index in [1.807, 2.05) is 24.3 Å². The lowest BCUT2D eigenvalue weighted by molar-refractivity contribution is 0.589. The number of rotatable bonds is 8. The summed E-state index contributed by atoms with van der Waals surface area (Å²) in [6.45, 7) is 22.7. The lowest BCUT2D eigenvalue weighted by Crippen LogP contribution is -2.27. The van der Waals surface area contributed by atoms with E-state index >= 15 is 0 Å².